The molecule has 232 valence electrons. The van der Waals surface area contributed by atoms with Gasteiger partial charge in [-0.1, -0.05) is 49.4 Å². The number of benzene rings is 2. The Morgan fingerprint density at radius 2 is 1.82 bits per heavy atom. The first-order valence-corrected chi connectivity index (χ1v) is 16.2. The number of nitrogens with zero attached hydrogens (tertiary/aromatic N) is 3. The lowest BCUT2D eigenvalue weighted by Crippen LogP contribution is -2.58. The third-order valence-electron chi connectivity index (χ3n) is 10.7. The van der Waals surface area contributed by atoms with Crippen LogP contribution in [0.1, 0.15) is 55.7 Å². The van der Waals surface area contributed by atoms with Crippen LogP contribution in [0, 0.1) is 24.2 Å². The Morgan fingerprint density at radius 1 is 1.05 bits per heavy atom. The maximum Gasteiger partial charge on any atom is 0.178 e. The number of hydrogen-bond acceptors (Lipinski definition) is 7. The summed E-state index contributed by atoms with van der Waals surface area (Å²) >= 11 is 0. The maximum absolute atomic E-state index is 13.8. The van der Waals surface area contributed by atoms with Gasteiger partial charge in [-0.05, 0) is 85.4 Å². The molecule has 0 bridgehead atoms. The molecule has 7 nitrogen and oxygen atoms in total. The molecule has 3 aromatic rings. The summed E-state index contributed by atoms with van der Waals surface area (Å²) in [7, 11) is 0. The normalized spacial score (nSPS) is 27.2. The minimum absolute atomic E-state index is 0.124. The van der Waals surface area contributed by atoms with Crippen LogP contribution >= 0.6 is 0 Å². The molecule has 6 rings (SSSR count). The van der Waals surface area contributed by atoms with Gasteiger partial charge in [0.05, 0.1) is 6.54 Å². The average molecular weight is 596 g/mol. The van der Waals surface area contributed by atoms with E-state index >= 15 is 0 Å². The van der Waals surface area contributed by atoms with Crippen molar-refractivity contribution in [2.45, 2.75) is 64.6 Å². The zero-order valence-corrected chi connectivity index (χ0v) is 26.1. The molecular formula is C37H45N3O4. The lowest BCUT2D eigenvalue weighted by Gasteiger charge is -2.48. The molecule has 3 fully saturated rings. The highest BCUT2D eigenvalue weighted by Gasteiger charge is 2.63. The highest BCUT2D eigenvalue weighted by atomic mass is 16.5. The molecule has 2 saturated carbocycles. The van der Waals surface area contributed by atoms with E-state index in [4.69, 9.17) is 4.74 Å². The minimum atomic E-state index is -1.47. The van der Waals surface area contributed by atoms with E-state index in [9.17, 15) is 14.7 Å². The van der Waals surface area contributed by atoms with Crippen LogP contribution in [0.3, 0.4) is 0 Å². The summed E-state index contributed by atoms with van der Waals surface area (Å²) in [6, 6.07) is 22.3. The molecule has 0 spiro atoms. The standard InChI is InChI=1S/C37H45N3O4/c1-27-11-14-32(44-26-28-8-4-3-5-9-28)23-29(27)12-13-30-22-31(41)24-36(2)33(30)15-16-37(36,43)34(42)25-39-18-20-40(21-19-39)35-10-6-7-17-38-35/h3-11,14,17,23,30,33,43H,12-13,15-16,18-22,24-26H2,1-2H3/t30?,33?,36?,37-/m0/s1. The summed E-state index contributed by atoms with van der Waals surface area (Å²) in [6.45, 7) is 7.95. The molecule has 1 aromatic heterocycles. The van der Waals surface area contributed by atoms with Crippen molar-refractivity contribution in [2.24, 2.45) is 17.3 Å². The zero-order chi connectivity index (χ0) is 30.7. The summed E-state index contributed by atoms with van der Waals surface area (Å²) in [6.07, 6.45) is 5.53. The molecule has 1 aliphatic heterocycles. The van der Waals surface area contributed by atoms with Crippen LogP contribution in [0.4, 0.5) is 5.82 Å². The Labute approximate surface area is 261 Å². The third-order valence-corrected chi connectivity index (χ3v) is 10.7. The molecule has 1 N–H and O–H groups in total. The van der Waals surface area contributed by atoms with Gasteiger partial charge in [-0.2, -0.15) is 0 Å². The van der Waals surface area contributed by atoms with E-state index in [-0.39, 0.29) is 36.4 Å². The Balaban J connectivity index is 1.08. The summed E-state index contributed by atoms with van der Waals surface area (Å²) in [5.74, 6) is 2.15. The predicted molar refractivity (Wildman–Crippen MR) is 172 cm³/mol. The number of rotatable bonds is 10. The molecule has 0 amide bonds. The zero-order valence-electron chi connectivity index (χ0n) is 26.1. The molecule has 44 heavy (non-hydrogen) atoms. The number of fused-ring (bicyclic) bond motifs is 1. The lowest BCUT2D eigenvalue weighted by molar-refractivity contribution is -0.160. The number of ketones is 2. The van der Waals surface area contributed by atoms with Crippen LogP contribution in [0.15, 0.2) is 72.9 Å². The quantitative estimate of drug-likeness (QED) is 0.335. The second kappa shape index (κ2) is 12.8. The van der Waals surface area contributed by atoms with Crippen LogP contribution in [-0.4, -0.2) is 64.9 Å². The van der Waals surface area contributed by atoms with Crippen molar-refractivity contribution in [3.63, 3.8) is 0 Å². The molecule has 3 unspecified atom stereocenters. The van der Waals surface area contributed by atoms with Crippen molar-refractivity contribution >= 4 is 17.4 Å². The van der Waals surface area contributed by atoms with Crippen molar-refractivity contribution in [3.8, 4) is 5.75 Å². The van der Waals surface area contributed by atoms with Gasteiger partial charge in [-0.3, -0.25) is 14.5 Å². The monoisotopic (exact) mass is 595 g/mol. The van der Waals surface area contributed by atoms with Gasteiger partial charge in [0.1, 0.15) is 29.6 Å². The van der Waals surface area contributed by atoms with Crippen LogP contribution in [0.25, 0.3) is 0 Å². The second-order valence-electron chi connectivity index (χ2n) is 13.4. The van der Waals surface area contributed by atoms with Gasteiger partial charge in [0.25, 0.3) is 0 Å². The largest absolute Gasteiger partial charge is 0.489 e. The molecule has 2 aliphatic carbocycles. The van der Waals surface area contributed by atoms with Gasteiger partial charge in [-0.25, -0.2) is 4.98 Å². The Bertz CT molecular complexity index is 1460. The highest BCUT2D eigenvalue weighted by Crippen LogP contribution is 2.59. The number of carbonyl (C=O) groups is 2. The fourth-order valence-electron chi connectivity index (χ4n) is 8.08. The van der Waals surface area contributed by atoms with E-state index in [2.05, 4.69) is 46.0 Å². The summed E-state index contributed by atoms with van der Waals surface area (Å²) in [5.41, 5.74) is 1.37. The van der Waals surface area contributed by atoms with E-state index in [1.807, 2.05) is 49.4 Å². The van der Waals surface area contributed by atoms with Gasteiger partial charge in [0.15, 0.2) is 5.78 Å². The number of aryl methyl sites for hydroxylation is 2. The third kappa shape index (κ3) is 6.18. The summed E-state index contributed by atoms with van der Waals surface area (Å²) < 4.78 is 6.09. The lowest BCUT2D eigenvalue weighted by atomic mass is 9.57. The molecular weight excluding hydrogens is 550 g/mol. The van der Waals surface area contributed by atoms with Crippen molar-refractivity contribution < 1.29 is 19.4 Å². The number of pyridine rings is 1. The van der Waals surface area contributed by atoms with E-state index in [1.54, 1.807) is 6.20 Å². The van der Waals surface area contributed by atoms with Gasteiger partial charge < -0.3 is 14.7 Å². The fourth-order valence-corrected chi connectivity index (χ4v) is 8.08. The Hall–Kier alpha value is -3.55. The number of anilines is 1. The Morgan fingerprint density at radius 3 is 2.57 bits per heavy atom. The first kappa shape index (κ1) is 30.5. The van der Waals surface area contributed by atoms with Crippen molar-refractivity contribution in [1.29, 1.82) is 0 Å². The van der Waals surface area contributed by atoms with Crippen LogP contribution in [0.2, 0.25) is 0 Å². The average Bonchev–Trinajstić information content (AvgIpc) is 3.31. The molecule has 4 atom stereocenters. The van der Waals surface area contributed by atoms with Crippen LogP contribution in [0.5, 0.6) is 5.75 Å². The van der Waals surface area contributed by atoms with E-state index in [0.29, 0.717) is 19.4 Å². The fraction of sp³-hybridized carbons (Fsp3) is 0.486. The first-order chi connectivity index (χ1) is 21.2. The molecule has 3 aliphatic rings. The van der Waals surface area contributed by atoms with E-state index in [1.165, 1.54) is 11.1 Å². The van der Waals surface area contributed by atoms with Crippen molar-refractivity contribution in [1.82, 2.24) is 9.88 Å². The SMILES string of the molecule is Cc1ccc(OCc2ccccc2)cc1CCC1CC(=O)CC2(C)C1CC[C@]2(O)C(=O)CN1CCN(c2ccccn2)CC1. The Kier molecular flexibility index (Phi) is 8.88. The highest BCUT2D eigenvalue weighted by molar-refractivity contribution is 5.92. The molecule has 1 saturated heterocycles. The summed E-state index contributed by atoms with van der Waals surface area (Å²) in [5, 5.41) is 12.1. The number of ether oxygens (including phenoxy) is 1. The number of hydrogen-bond donors (Lipinski definition) is 1. The maximum atomic E-state index is 13.8. The summed E-state index contributed by atoms with van der Waals surface area (Å²) in [4.78, 5) is 35.9. The van der Waals surface area contributed by atoms with Gasteiger partial charge in [0, 0.05) is 50.6 Å². The van der Waals surface area contributed by atoms with E-state index in [0.717, 1.165) is 62.6 Å². The van der Waals surface area contributed by atoms with E-state index < -0.39 is 11.0 Å². The first-order valence-electron chi connectivity index (χ1n) is 16.2. The van der Waals surface area contributed by atoms with Gasteiger partial charge in [-0.15, -0.1) is 0 Å². The number of aromatic nitrogens is 1. The molecule has 2 aromatic carbocycles. The molecule has 0 radical (unpaired) electrons. The van der Waals surface area contributed by atoms with Gasteiger partial charge >= 0.3 is 0 Å². The topological polar surface area (TPSA) is 83.0 Å². The number of carbonyl (C=O) groups excluding carboxylic acids is 2. The molecule has 2 heterocycles. The number of Topliss-reactive ketones (excluding diaryl/α,β-unsaturated/α-hetero) is 2. The smallest absolute Gasteiger partial charge is 0.178 e. The number of aliphatic hydroxyl groups is 1. The second-order valence-corrected chi connectivity index (χ2v) is 13.4. The molecule has 7 heteroatoms. The van der Waals surface area contributed by atoms with Crippen molar-refractivity contribution in [2.75, 3.05) is 37.6 Å². The van der Waals surface area contributed by atoms with Crippen LogP contribution < -0.4 is 9.64 Å². The number of piperazine rings is 1. The van der Waals surface area contributed by atoms with Gasteiger partial charge in [0.2, 0.25) is 0 Å². The van der Waals surface area contributed by atoms with Crippen molar-refractivity contribution in [3.05, 3.63) is 89.6 Å². The predicted octanol–water partition coefficient (Wildman–Crippen LogP) is 5.42. The minimum Gasteiger partial charge on any atom is -0.489 e. The van der Waals surface area contributed by atoms with Crippen LogP contribution in [-0.2, 0) is 22.6 Å².